The maximum Gasteiger partial charge on any atom is 0.115 e. The van der Waals surface area contributed by atoms with Crippen molar-refractivity contribution in [3.05, 3.63) is 24.3 Å². The lowest BCUT2D eigenvalue weighted by Gasteiger charge is -2.24. The second-order valence-electron chi connectivity index (χ2n) is 3.97. The molecule has 72 valence electrons. The van der Waals surface area contributed by atoms with Crippen molar-refractivity contribution in [2.24, 2.45) is 5.92 Å². The van der Waals surface area contributed by atoms with E-state index in [1.807, 2.05) is 0 Å². The van der Waals surface area contributed by atoms with Gasteiger partial charge >= 0.3 is 0 Å². The monoisotopic (exact) mass is 180 g/mol. The second-order valence-corrected chi connectivity index (χ2v) is 3.97. The molecule has 0 radical (unpaired) electrons. The third-order valence-corrected chi connectivity index (χ3v) is 1.94. The quantitative estimate of drug-likeness (QED) is 0.770. The fourth-order valence-electron chi connectivity index (χ4n) is 1.51. The highest BCUT2D eigenvalue weighted by molar-refractivity contribution is 5.08. The maximum absolute atomic E-state index is 10.1. The number of aromatic nitrogens is 2. The number of hydrogen-bond acceptors (Lipinski definition) is 3. The third-order valence-electron chi connectivity index (χ3n) is 1.94. The smallest absolute Gasteiger partial charge is 0.115 e. The molecule has 0 aromatic carbocycles. The van der Waals surface area contributed by atoms with E-state index in [0.29, 0.717) is 18.0 Å². The summed E-state index contributed by atoms with van der Waals surface area (Å²) >= 11 is 0. The van der Waals surface area contributed by atoms with Crippen LogP contribution in [0, 0.1) is 5.92 Å². The Morgan fingerprint density at radius 1 is 1.54 bits per heavy atom. The lowest BCUT2D eigenvalue weighted by molar-refractivity contribution is 0.0304. The molecule has 0 spiro atoms. The third kappa shape index (κ3) is 2.77. The molecule has 1 aromatic heterocycles. The molecule has 0 aliphatic heterocycles. The lowest BCUT2D eigenvalue weighted by atomic mass is 9.91. The molecule has 13 heavy (non-hydrogen) atoms. The zero-order valence-corrected chi connectivity index (χ0v) is 8.36. The molecule has 0 fully saturated rings. The van der Waals surface area contributed by atoms with E-state index in [1.165, 1.54) is 6.33 Å². The molecule has 0 amide bonds. The molecule has 1 N–H and O–H groups in total. The fraction of sp³-hybridized carbons (Fsp3) is 0.600. The van der Waals surface area contributed by atoms with Gasteiger partial charge in [0.05, 0.1) is 5.69 Å². The highest BCUT2D eigenvalue weighted by Crippen LogP contribution is 2.25. The van der Waals surface area contributed by atoms with E-state index in [4.69, 9.17) is 0 Å². The van der Waals surface area contributed by atoms with Gasteiger partial charge in [0, 0.05) is 6.20 Å². The first-order valence-corrected chi connectivity index (χ1v) is 4.51. The normalized spacial score (nSPS) is 15.8. The van der Waals surface area contributed by atoms with Gasteiger partial charge in [0.2, 0.25) is 0 Å². The number of hydrogen-bond donors (Lipinski definition) is 1. The first-order valence-electron chi connectivity index (χ1n) is 4.51. The average Bonchev–Trinajstić information content (AvgIpc) is 2.04. The van der Waals surface area contributed by atoms with Crippen LogP contribution >= 0.6 is 0 Å². The van der Waals surface area contributed by atoms with E-state index < -0.39 is 5.60 Å². The van der Waals surface area contributed by atoms with Crippen molar-refractivity contribution in [2.45, 2.75) is 32.8 Å². The summed E-state index contributed by atoms with van der Waals surface area (Å²) in [5, 5.41) is 10.1. The fourth-order valence-corrected chi connectivity index (χ4v) is 1.51. The number of rotatable bonds is 3. The summed E-state index contributed by atoms with van der Waals surface area (Å²) in [4.78, 5) is 7.86. The van der Waals surface area contributed by atoms with Crippen LogP contribution in [0.4, 0.5) is 0 Å². The zero-order valence-electron chi connectivity index (χ0n) is 8.36. The van der Waals surface area contributed by atoms with E-state index in [0.717, 1.165) is 0 Å². The Hall–Kier alpha value is -0.960. The molecule has 0 bridgehead atoms. The summed E-state index contributed by atoms with van der Waals surface area (Å²) in [6, 6.07) is 1.75. The maximum atomic E-state index is 10.1. The summed E-state index contributed by atoms with van der Waals surface area (Å²) < 4.78 is 0. The number of aliphatic hydroxyl groups is 1. The van der Waals surface area contributed by atoms with Gasteiger partial charge in [-0.15, -0.1) is 0 Å². The van der Waals surface area contributed by atoms with Crippen LogP contribution < -0.4 is 0 Å². The van der Waals surface area contributed by atoms with Crippen molar-refractivity contribution in [1.29, 1.82) is 0 Å². The number of nitrogens with zero attached hydrogens (tertiary/aromatic N) is 2. The summed E-state index contributed by atoms with van der Waals surface area (Å²) in [7, 11) is 0. The largest absolute Gasteiger partial charge is 0.384 e. The Morgan fingerprint density at radius 2 is 2.23 bits per heavy atom. The van der Waals surface area contributed by atoms with Crippen LogP contribution in [0.1, 0.15) is 32.9 Å². The Labute approximate surface area is 78.9 Å². The van der Waals surface area contributed by atoms with Gasteiger partial charge < -0.3 is 5.11 Å². The first kappa shape index (κ1) is 10.1. The van der Waals surface area contributed by atoms with E-state index >= 15 is 0 Å². The predicted octanol–water partition coefficient (Wildman–Crippen LogP) is 1.73. The Kier molecular flexibility index (Phi) is 2.98. The van der Waals surface area contributed by atoms with Crippen molar-refractivity contribution in [3.8, 4) is 0 Å². The summed E-state index contributed by atoms with van der Waals surface area (Å²) in [5.74, 6) is 0.449. The van der Waals surface area contributed by atoms with Crippen molar-refractivity contribution in [2.75, 3.05) is 0 Å². The van der Waals surface area contributed by atoms with Gasteiger partial charge in [-0.3, -0.25) is 0 Å². The predicted molar refractivity (Wildman–Crippen MR) is 51.1 cm³/mol. The van der Waals surface area contributed by atoms with Gasteiger partial charge in [-0.2, -0.15) is 0 Å². The van der Waals surface area contributed by atoms with Crippen molar-refractivity contribution < 1.29 is 5.11 Å². The average molecular weight is 180 g/mol. The zero-order chi connectivity index (χ0) is 9.90. The molecule has 1 aromatic rings. The SMILES string of the molecule is CC(C)CC(C)(O)c1ccncn1. The molecule has 0 saturated heterocycles. The van der Waals surface area contributed by atoms with Crippen LogP contribution in [-0.2, 0) is 5.60 Å². The van der Waals surface area contributed by atoms with E-state index in [9.17, 15) is 5.11 Å². The van der Waals surface area contributed by atoms with Gasteiger partial charge in [0.1, 0.15) is 11.9 Å². The molecular formula is C10H16N2O. The minimum atomic E-state index is -0.836. The van der Waals surface area contributed by atoms with Crippen molar-refractivity contribution in [3.63, 3.8) is 0 Å². The highest BCUT2D eigenvalue weighted by Gasteiger charge is 2.25. The van der Waals surface area contributed by atoms with Gasteiger partial charge in [0.15, 0.2) is 0 Å². The Bertz CT molecular complexity index is 257. The summed E-state index contributed by atoms with van der Waals surface area (Å²) in [6.07, 6.45) is 3.82. The molecule has 1 atom stereocenters. The lowest BCUT2D eigenvalue weighted by Crippen LogP contribution is -2.24. The van der Waals surface area contributed by atoms with Crippen LogP contribution in [0.5, 0.6) is 0 Å². The van der Waals surface area contributed by atoms with Gasteiger partial charge in [-0.1, -0.05) is 13.8 Å². The molecule has 1 heterocycles. The van der Waals surface area contributed by atoms with Crippen LogP contribution in [0.15, 0.2) is 18.6 Å². The molecule has 0 saturated carbocycles. The molecule has 3 nitrogen and oxygen atoms in total. The summed E-state index contributed by atoms with van der Waals surface area (Å²) in [5.41, 5.74) is -0.145. The van der Waals surface area contributed by atoms with E-state index in [2.05, 4.69) is 23.8 Å². The van der Waals surface area contributed by atoms with Crippen LogP contribution in [-0.4, -0.2) is 15.1 Å². The highest BCUT2D eigenvalue weighted by atomic mass is 16.3. The molecular weight excluding hydrogens is 164 g/mol. The van der Waals surface area contributed by atoms with Crippen LogP contribution in [0.25, 0.3) is 0 Å². The molecule has 1 rings (SSSR count). The molecule has 0 aliphatic carbocycles. The Balaban J connectivity index is 2.81. The standard InChI is InChI=1S/C10H16N2O/c1-8(2)6-10(3,13)9-4-5-11-7-12-9/h4-5,7-8,13H,6H2,1-3H3. The van der Waals surface area contributed by atoms with Crippen molar-refractivity contribution in [1.82, 2.24) is 9.97 Å². The van der Waals surface area contributed by atoms with Crippen molar-refractivity contribution >= 4 is 0 Å². The molecule has 0 aliphatic rings. The minimum absolute atomic E-state index is 0.449. The molecule has 3 heteroatoms. The van der Waals surface area contributed by atoms with Gasteiger partial charge in [0.25, 0.3) is 0 Å². The topological polar surface area (TPSA) is 46.0 Å². The Morgan fingerprint density at radius 3 is 2.69 bits per heavy atom. The summed E-state index contributed by atoms with van der Waals surface area (Å²) in [6.45, 7) is 5.95. The van der Waals surface area contributed by atoms with E-state index in [-0.39, 0.29) is 0 Å². The minimum Gasteiger partial charge on any atom is -0.384 e. The molecule has 1 unspecified atom stereocenters. The van der Waals surface area contributed by atoms with Gasteiger partial charge in [-0.25, -0.2) is 9.97 Å². The van der Waals surface area contributed by atoms with Crippen LogP contribution in [0.2, 0.25) is 0 Å². The first-order chi connectivity index (χ1) is 6.02. The van der Waals surface area contributed by atoms with Crippen LogP contribution in [0.3, 0.4) is 0 Å². The second kappa shape index (κ2) is 3.83. The van der Waals surface area contributed by atoms with Gasteiger partial charge in [-0.05, 0) is 25.3 Å². The van der Waals surface area contributed by atoms with E-state index in [1.54, 1.807) is 19.2 Å².